The molecule has 3 heterocycles. The lowest BCUT2D eigenvalue weighted by molar-refractivity contribution is 0.102. The summed E-state index contributed by atoms with van der Waals surface area (Å²) < 4.78 is 5.66. The highest BCUT2D eigenvalue weighted by Crippen LogP contribution is 2.22. The van der Waals surface area contributed by atoms with Crippen LogP contribution in [0.25, 0.3) is 0 Å². The number of benzene rings is 1. The third-order valence-corrected chi connectivity index (χ3v) is 5.19. The maximum atomic E-state index is 12.5. The quantitative estimate of drug-likeness (QED) is 0.671. The predicted molar refractivity (Wildman–Crippen MR) is 119 cm³/mol. The number of ether oxygens (including phenoxy) is 1. The van der Waals surface area contributed by atoms with Crippen molar-refractivity contribution < 1.29 is 11.0 Å². The fourth-order valence-corrected chi connectivity index (χ4v) is 3.41. The van der Waals surface area contributed by atoms with Gasteiger partial charge in [0.1, 0.15) is 11.6 Å². The highest BCUT2D eigenvalue weighted by atomic mass is 16.5. The summed E-state index contributed by atoms with van der Waals surface area (Å²) in [5, 5.41) is 2.86. The zero-order valence-corrected chi connectivity index (χ0v) is 17.2. The summed E-state index contributed by atoms with van der Waals surface area (Å²) in [7, 11) is 4.21. The number of rotatable bonds is 6. The van der Waals surface area contributed by atoms with Crippen LogP contribution < -0.4 is 15.0 Å². The van der Waals surface area contributed by atoms with Crippen molar-refractivity contribution in [3.8, 4) is 11.6 Å². The van der Waals surface area contributed by atoms with E-state index in [1.807, 2.05) is 42.5 Å². The Kier molecular flexibility index (Phi) is 5.90. The van der Waals surface area contributed by atoms with Crippen molar-refractivity contribution in [1.29, 1.82) is 0 Å². The molecule has 7 nitrogen and oxygen atoms in total. The molecule has 0 saturated carbocycles. The van der Waals surface area contributed by atoms with Gasteiger partial charge in [0.25, 0.3) is 5.91 Å². The van der Waals surface area contributed by atoms with Gasteiger partial charge in [0, 0.05) is 32.8 Å². The number of carbonyl (C=O) groups is 1. The Bertz CT molecular complexity index is 981. The second-order valence-corrected chi connectivity index (χ2v) is 7.51. The molecule has 2 aromatic heterocycles. The minimum Gasteiger partial charge on any atom is -0.439 e. The van der Waals surface area contributed by atoms with E-state index in [0.717, 1.165) is 25.3 Å². The van der Waals surface area contributed by atoms with Crippen molar-refractivity contribution in [3.63, 3.8) is 0 Å². The topological polar surface area (TPSA) is 70.6 Å². The van der Waals surface area contributed by atoms with Crippen LogP contribution in [0.5, 0.6) is 11.6 Å². The molecule has 0 spiro atoms. The van der Waals surface area contributed by atoms with Gasteiger partial charge >= 0.3 is 0 Å². The smallest absolute Gasteiger partial charge is 0.257 e. The van der Waals surface area contributed by atoms with Gasteiger partial charge in [0.2, 0.25) is 5.88 Å². The van der Waals surface area contributed by atoms with Gasteiger partial charge in [-0.3, -0.25) is 4.79 Å². The van der Waals surface area contributed by atoms with Crippen LogP contribution in [0.2, 0.25) is 0 Å². The first kappa shape index (κ1) is 19.8. The molecule has 1 aromatic carbocycles. The first-order chi connectivity index (χ1) is 14.6. The van der Waals surface area contributed by atoms with E-state index in [9.17, 15) is 4.79 Å². The van der Waals surface area contributed by atoms with E-state index in [1.165, 1.54) is 6.20 Å². The van der Waals surface area contributed by atoms with Gasteiger partial charge < -0.3 is 19.9 Å². The van der Waals surface area contributed by atoms with Crippen LogP contribution in [0.1, 0.15) is 18.2 Å². The van der Waals surface area contributed by atoms with Gasteiger partial charge in [-0.05, 0) is 50.8 Å². The number of nitrogens with one attached hydrogen (secondary N) is 1. The molecule has 1 atom stereocenters. The van der Waals surface area contributed by atoms with Crippen molar-refractivity contribution in [2.75, 3.05) is 37.4 Å². The zero-order chi connectivity index (χ0) is 20.9. The summed E-state index contributed by atoms with van der Waals surface area (Å²) in [6, 6.07) is 17.1. The van der Waals surface area contributed by atoms with Crippen LogP contribution >= 0.6 is 0 Å². The lowest BCUT2D eigenvalue weighted by Crippen LogP contribution is -2.31. The van der Waals surface area contributed by atoms with Gasteiger partial charge in [-0.2, -0.15) is 0 Å². The Morgan fingerprint density at radius 3 is 2.57 bits per heavy atom. The standard InChI is InChI=1S/C23H25N5O2.H2/c1-27(2)19-12-13-28(16-19)21-10-9-18(15-24-21)26-23(29)17-8-11-22(25-14-17)30-20-6-4-3-5-7-20;/h3-11,14-15,19H,12-13,16H2,1-2H3,(H,26,29);1H. The van der Waals surface area contributed by atoms with E-state index < -0.39 is 0 Å². The van der Waals surface area contributed by atoms with Crippen molar-refractivity contribution in [3.05, 3.63) is 72.6 Å². The molecule has 0 bridgehead atoms. The maximum Gasteiger partial charge on any atom is 0.257 e. The average Bonchev–Trinajstić information content (AvgIpc) is 3.26. The van der Waals surface area contributed by atoms with Crippen LogP contribution in [-0.2, 0) is 0 Å². The van der Waals surface area contributed by atoms with Crippen LogP contribution in [0.3, 0.4) is 0 Å². The molecule has 0 aliphatic carbocycles. The van der Waals surface area contributed by atoms with E-state index in [2.05, 4.69) is 39.2 Å². The summed E-state index contributed by atoms with van der Waals surface area (Å²) in [5.41, 5.74) is 1.10. The number of anilines is 2. The number of likely N-dealkylation sites (N-methyl/N-ethyl adjacent to an activating group) is 1. The van der Waals surface area contributed by atoms with E-state index in [4.69, 9.17) is 4.74 Å². The van der Waals surface area contributed by atoms with E-state index in [0.29, 0.717) is 28.9 Å². The third kappa shape index (κ3) is 4.75. The SMILES string of the molecule is CN(C)C1CCN(c2ccc(NC(=O)c3ccc(Oc4ccccc4)nc3)cn2)C1.[HH]. The number of para-hydroxylation sites is 1. The monoisotopic (exact) mass is 405 g/mol. The molecule has 1 unspecified atom stereocenters. The van der Waals surface area contributed by atoms with Crippen molar-refractivity contribution in [2.45, 2.75) is 12.5 Å². The Hall–Kier alpha value is -3.45. The number of pyridine rings is 2. The molecule has 0 radical (unpaired) electrons. The molecule has 1 fully saturated rings. The highest BCUT2D eigenvalue weighted by molar-refractivity contribution is 6.04. The van der Waals surface area contributed by atoms with Crippen molar-refractivity contribution in [2.24, 2.45) is 0 Å². The molecular weight excluding hydrogens is 378 g/mol. The molecule has 1 saturated heterocycles. The Morgan fingerprint density at radius 2 is 1.93 bits per heavy atom. The number of aromatic nitrogens is 2. The van der Waals surface area contributed by atoms with Gasteiger partial charge in [0.15, 0.2) is 0 Å². The van der Waals surface area contributed by atoms with Crippen LogP contribution in [-0.4, -0.2) is 54.0 Å². The molecule has 1 N–H and O–H groups in total. The molecule has 156 valence electrons. The highest BCUT2D eigenvalue weighted by Gasteiger charge is 2.24. The maximum absolute atomic E-state index is 12.5. The molecule has 1 aliphatic rings. The summed E-state index contributed by atoms with van der Waals surface area (Å²) >= 11 is 0. The number of carbonyl (C=O) groups excluding carboxylic acids is 1. The molecule has 4 rings (SSSR count). The molecule has 3 aromatic rings. The van der Waals surface area contributed by atoms with Gasteiger partial charge in [-0.25, -0.2) is 9.97 Å². The predicted octanol–water partition coefficient (Wildman–Crippen LogP) is 3.91. The van der Waals surface area contributed by atoms with Crippen molar-refractivity contribution in [1.82, 2.24) is 14.9 Å². The summed E-state index contributed by atoms with van der Waals surface area (Å²) in [4.78, 5) is 25.8. The largest absolute Gasteiger partial charge is 0.439 e. The molecule has 1 amide bonds. The van der Waals surface area contributed by atoms with Gasteiger partial charge in [-0.1, -0.05) is 18.2 Å². The number of hydrogen-bond donors (Lipinski definition) is 1. The first-order valence-corrected chi connectivity index (χ1v) is 9.96. The molecule has 1 aliphatic heterocycles. The van der Waals surface area contributed by atoms with Crippen LogP contribution in [0, 0.1) is 0 Å². The van der Waals surface area contributed by atoms with Gasteiger partial charge in [-0.15, -0.1) is 0 Å². The number of nitrogens with zero attached hydrogens (tertiary/aromatic N) is 4. The Morgan fingerprint density at radius 1 is 1.10 bits per heavy atom. The second kappa shape index (κ2) is 8.92. The zero-order valence-electron chi connectivity index (χ0n) is 17.2. The van der Waals surface area contributed by atoms with Crippen molar-refractivity contribution >= 4 is 17.4 Å². The van der Waals surface area contributed by atoms with E-state index in [-0.39, 0.29) is 7.33 Å². The van der Waals surface area contributed by atoms with E-state index >= 15 is 0 Å². The molecule has 7 heteroatoms. The van der Waals surface area contributed by atoms with Gasteiger partial charge in [0.05, 0.1) is 17.4 Å². The minimum absolute atomic E-state index is 0. The lowest BCUT2D eigenvalue weighted by atomic mass is 10.2. The molecular formula is C23H27N5O2. The number of hydrogen-bond acceptors (Lipinski definition) is 6. The van der Waals surface area contributed by atoms with Crippen LogP contribution in [0.4, 0.5) is 11.5 Å². The lowest BCUT2D eigenvalue weighted by Gasteiger charge is -2.21. The average molecular weight is 406 g/mol. The molecule has 30 heavy (non-hydrogen) atoms. The van der Waals surface area contributed by atoms with Crippen LogP contribution in [0.15, 0.2) is 67.0 Å². The normalized spacial score (nSPS) is 16.0. The number of amides is 1. The Balaban J connectivity index is 0.00000272. The fourth-order valence-electron chi connectivity index (χ4n) is 3.41. The fraction of sp³-hybridized carbons (Fsp3) is 0.261. The third-order valence-electron chi connectivity index (χ3n) is 5.19. The van der Waals surface area contributed by atoms with E-state index in [1.54, 1.807) is 18.3 Å². The summed E-state index contributed by atoms with van der Waals surface area (Å²) in [6.07, 6.45) is 4.32. The first-order valence-electron chi connectivity index (χ1n) is 9.96. The summed E-state index contributed by atoms with van der Waals surface area (Å²) in [6.45, 7) is 1.96. The minimum atomic E-state index is -0.239. The summed E-state index contributed by atoms with van der Waals surface area (Å²) in [5.74, 6) is 1.83. The second-order valence-electron chi connectivity index (χ2n) is 7.51. The Labute approximate surface area is 177 Å².